The number of fused-ring (bicyclic) bond motifs is 1. The number of nitrogens with zero attached hydrogens (tertiary/aromatic N) is 3. The first-order valence-electron chi connectivity index (χ1n) is 5.75. The molecule has 0 unspecified atom stereocenters. The van der Waals surface area contributed by atoms with Crippen LogP contribution in [0.1, 0.15) is 6.92 Å². The van der Waals surface area contributed by atoms with Gasteiger partial charge in [0.25, 0.3) is 0 Å². The van der Waals surface area contributed by atoms with Gasteiger partial charge in [0.15, 0.2) is 0 Å². The molecule has 0 spiro atoms. The van der Waals surface area contributed by atoms with Crippen molar-refractivity contribution in [2.75, 3.05) is 24.5 Å². The van der Waals surface area contributed by atoms with Gasteiger partial charge in [-0.15, -0.1) is 0 Å². The smallest absolute Gasteiger partial charge is 0.138 e. The van der Waals surface area contributed by atoms with E-state index < -0.39 is 0 Å². The van der Waals surface area contributed by atoms with Crippen LogP contribution in [0.2, 0.25) is 0 Å². The maximum absolute atomic E-state index is 4.31. The molecule has 1 saturated heterocycles. The van der Waals surface area contributed by atoms with Crippen molar-refractivity contribution in [2.45, 2.75) is 13.0 Å². The van der Waals surface area contributed by atoms with E-state index >= 15 is 0 Å². The Morgan fingerprint density at radius 2 is 2.38 bits per heavy atom. The molecule has 0 bridgehead atoms. The first kappa shape index (κ1) is 9.66. The second kappa shape index (κ2) is 3.79. The van der Waals surface area contributed by atoms with Gasteiger partial charge in [0.05, 0.1) is 0 Å². The lowest BCUT2D eigenvalue weighted by atomic mass is 10.2. The molecule has 0 saturated carbocycles. The molecule has 2 aromatic rings. The van der Waals surface area contributed by atoms with Crippen LogP contribution in [0.5, 0.6) is 0 Å². The first-order valence-corrected chi connectivity index (χ1v) is 5.75. The maximum atomic E-state index is 4.31. The molecule has 0 amide bonds. The minimum absolute atomic E-state index is 0.549. The molecule has 1 fully saturated rings. The van der Waals surface area contributed by atoms with E-state index in [1.54, 1.807) is 0 Å². The number of hydrogen-bond donors (Lipinski definition) is 1. The fraction of sp³-hybridized carbons (Fsp3) is 0.417. The highest BCUT2D eigenvalue weighted by Gasteiger charge is 2.17. The molecule has 0 aliphatic carbocycles. The van der Waals surface area contributed by atoms with Crippen LogP contribution in [0.15, 0.2) is 30.6 Å². The Morgan fingerprint density at radius 3 is 3.25 bits per heavy atom. The summed E-state index contributed by atoms with van der Waals surface area (Å²) in [6.45, 7) is 5.38. The molecule has 4 nitrogen and oxygen atoms in total. The van der Waals surface area contributed by atoms with Crippen molar-refractivity contribution >= 4 is 11.5 Å². The number of aromatic nitrogens is 2. The van der Waals surface area contributed by atoms with E-state index in [0.717, 1.165) is 25.3 Å². The Hall–Kier alpha value is -1.55. The van der Waals surface area contributed by atoms with Gasteiger partial charge in [-0.2, -0.15) is 0 Å². The maximum Gasteiger partial charge on any atom is 0.138 e. The highest BCUT2D eigenvalue weighted by Crippen LogP contribution is 2.17. The predicted molar refractivity (Wildman–Crippen MR) is 64.9 cm³/mol. The van der Waals surface area contributed by atoms with Crippen LogP contribution in [0.3, 0.4) is 0 Å². The van der Waals surface area contributed by atoms with Gasteiger partial charge in [-0.05, 0) is 19.1 Å². The lowest BCUT2D eigenvalue weighted by Crippen LogP contribution is -2.49. The molecule has 0 radical (unpaired) electrons. The monoisotopic (exact) mass is 216 g/mol. The Bertz CT molecular complexity index is 490. The second-order valence-electron chi connectivity index (χ2n) is 4.34. The molecular weight excluding hydrogens is 200 g/mol. The number of rotatable bonds is 1. The van der Waals surface area contributed by atoms with E-state index in [4.69, 9.17) is 0 Å². The van der Waals surface area contributed by atoms with E-state index in [9.17, 15) is 0 Å². The number of anilines is 1. The van der Waals surface area contributed by atoms with Gasteiger partial charge < -0.3 is 10.2 Å². The van der Waals surface area contributed by atoms with Gasteiger partial charge in [0.1, 0.15) is 11.5 Å². The minimum Gasteiger partial charge on any atom is -0.355 e. The normalized spacial score (nSPS) is 21.6. The number of nitrogens with one attached hydrogen (secondary N) is 1. The highest BCUT2D eigenvalue weighted by atomic mass is 15.3. The third-order valence-electron chi connectivity index (χ3n) is 3.10. The SMILES string of the molecule is C[C@@H]1CN(c2cccc3nccn23)CCN1. The quantitative estimate of drug-likeness (QED) is 0.775. The molecule has 0 aromatic carbocycles. The fourth-order valence-corrected chi connectivity index (χ4v) is 2.33. The molecule has 3 rings (SSSR count). The summed E-state index contributed by atoms with van der Waals surface area (Å²) in [6, 6.07) is 6.82. The molecule has 16 heavy (non-hydrogen) atoms. The summed E-state index contributed by atoms with van der Waals surface area (Å²) in [7, 11) is 0. The molecule has 84 valence electrons. The Morgan fingerprint density at radius 1 is 1.44 bits per heavy atom. The molecule has 4 heteroatoms. The summed E-state index contributed by atoms with van der Waals surface area (Å²) in [5.74, 6) is 1.24. The predicted octanol–water partition coefficient (Wildman–Crippen LogP) is 1.13. The Labute approximate surface area is 94.9 Å². The van der Waals surface area contributed by atoms with Crippen LogP contribution in [-0.4, -0.2) is 35.1 Å². The van der Waals surface area contributed by atoms with Crippen LogP contribution >= 0.6 is 0 Å². The van der Waals surface area contributed by atoms with Gasteiger partial charge in [-0.1, -0.05) is 6.07 Å². The van der Waals surface area contributed by atoms with Gasteiger partial charge in [0.2, 0.25) is 0 Å². The first-order chi connectivity index (χ1) is 7.84. The summed E-state index contributed by atoms with van der Waals surface area (Å²) in [5, 5.41) is 3.46. The lowest BCUT2D eigenvalue weighted by Gasteiger charge is -2.33. The van der Waals surface area contributed by atoms with Crippen molar-refractivity contribution in [1.29, 1.82) is 0 Å². The standard InChI is InChI=1S/C12H16N4/c1-10-9-15(7-5-13-10)12-4-2-3-11-14-6-8-16(11)12/h2-4,6,8,10,13H,5,7,9H2,1H3/t10-/m1/s1. The largest absolute Gasteiger partial charge is 0.355 e. The Balaban J connectivity index is 2.01. The van der Waals surface area contributed by atoms with Crippen molar-refractivity contribution < 1.29 is 0 Å². The van der Waals surface area contributed by atoms with Gasteiger partial charge in [-0.3, -0.25) is 4.40 Å². The Kier molecular flexibility index (Phi) is 2.29. The third kappa shape index (κ3) is 1.55. The van der Waals surface area contributed by atoms with Crippen molar-refractivity contribution in [1.82, 2.24) is 14.7 Å². The summed E-state index contributed by atoms with van der Waals surface area (Å²) in [5.41, 5.74) is 1.02. The van der Waals surface area contributed by atoms with Crippen LogP contribution in [-0.2, 0) is 0 Å². The van der Waals surface area contributed by atoms with E-state index in [-0.39, 0.29) is 0 Å². The third-order valence-corrected chi connectivity index (χ3v) is 3.10. The molecule has 1 aliphatic rings. The zero-order valence-corrected chi connectivity index (χ0v) is 9.43. The van der Waals surface area contributed by atoms with Crippen molar-refractivity contribution in [2.24, 2.45) is 0 Å². The average molecular weight is 216 g/mol. The minimum atomic E-state index is 0.549. The lowest BCUT2D eigenvalue weighted by molar-refractivity contribution is 0.481. The molecule has 1 atom stereocenters. The van der Waals surface area contributed by atoms with E-state index in [2.05, 4.69) is 38.7 Å². The molecule has 3 heterocycles. The summed E-state index contributed by atoms with van der Waals surface area (Å²) >= 11 is 0. The summed E-state index contributed by atoms with van der Waals surface area (Å²) < 4.78 is 2.15. The van der Waals surface area contributed by atoms with Crippen molar-refractivity contribution in [3.8, 4) is 0 Å². The van der Waals surface area contributed by atoms with Gasteiger partial charge in [0, 0.05) is 38.1 Å². The van der Waals surface area contributed by atoms with Crippen LogP contribution in [0.25, 0.3) is 5.65 Å². The zero-order valence-electron chi connectivity index (χ0n) is 9.43. The summed E-state index contributed by atoms with van der Waals surface area (Å²) in [4.78, 5) is 6.73. The van der Waals surface area contributed by atoms with Crippen molar-refractivity contribution in [3.63, 3.8) is 0 Å². The number of hydrogen-bond acceptors (Lipinski definition) is 3. The van der Waals surface area contributed by atoms with Gasteiger partial charge in [-0.25, -0.2) is 4.98 Å². The van der Waals surface area contributed by atoms with E-state index in [1.165, 1.54) is 5.82 Å². The van der Waals surface area contributed by atoms with E-state index in [1.807, 2.05) is 18.5 Å². The molecular formula is C12H16N4. The van der Waals surface area contributed by atoms with Crippen LogP contribution < -0.4 is 10.2 Å². The zero-order chi connectivity index (χ0) is 11.0. The van der Waals surface area contributed by atoms with Crippen LogP contribution in [0.4, 0.5) is 5.82 Å². The second-order valence-corrected chi connectivity index (χ2v) is 4.34. The molecule has 1 N–H and O–H groups in total. The number of piperazine rings is 1. The topological polar surface area (TPSA) is 32.6 Å². The summed E-state index contributed by atoms with van der Waals surface area (Å²) in [6.07, 6.45) is 3.88. The number of imidazole rings is 1. The molecule has 2 aromatic heterocycles. The van der Waals surface area contributed by atoms with Crippen LogP contribution in [0, 0.1) is 0 Å². The van der Waals surface area contributed by atoms with Gasteiger partial charge >= 0.3 is 0 Å². The number of pyridine rings is 1. The highest BCUT2D eigenvalue weighted by molar-refractivity contribution is 5.51. The molecule has 1 aliphatic heterocycles. The fourth-order valence-electron chi connectivity index (χ4n) is 2.33. The van der Waals surface area contributed by atoms with E-state index in [0.29, 0.717) is 6.04 Å². The average Bonchev–Trinajstić information content (AvgIpc) is 2.76. The van der Waals surface area contributed by atoms with Crippen molar-refractivity contribution in [3.05, 3.63) is 30.6 Å².